The number of amides is 1. The van der Waals surface area contributed by atoms with E-state index in [2.05, 4.69) is 6.92 Å². The zero-order valence-electron chi connectivity index (χ0n) is 19.4. The zero-order valence-corrected chi connectivity index (χ0v) is 19.4. The summed E-state index contributed by atoms with van der Waals surface area (Å²) in [4.78, 5) is 26.4. The highest BCUT2D eigenvalue weighted by atomic mass is 19.4. The molecule has 2 rings (SSSR count). The zero-order chi connectivity index (χ0) is 24.3. The van der Waals surface area contributed by atoms with Gasteiger partial charge in [0.25, 0.3) is 5.91 Å². The van der Waals surface area contributed by atoms with Crippen LogP contribution in [0.4, 0.5) is 17.6 Å². The monoisotopic (exact) mass is 473 g/mol. The number of carbonyl (C=O) groups excluding carboxylic acids is 2. The first-order valence-electron chi connectivity index (χ1n) is 12.1. The second-order valence-electron chi connectivity index (χ2n) is 8.73. The molecule has 0 spiro atoms. The summed E-state index contributed by atoms with van der Waals surface area (Å²) >= 11 is 0. The van der Waals surface area contributed by atoms with Gasteiger partial charge in [-0.25, -0.2) is 9.18 Å². The van der Waals surface area contributed by atoms with Crippen molar-refractivity contribution in [1.29, 1.82) is 0 Å². The van der Waals surface area contributed by atoms with Gasteiger partial charge >= 0.3 is 12.1 Å². The van der Waals surface area contributed by atoms with E-state index >= 15 is 0 Å². The summed E-state index contributed by atoms with van der Waals surface area (Å²) in [5.74, 6) is -2.49. The van der Waals surface area contributed by atoms with Gasteiger partial charge in [-0.05, 0) is 37.5 Å². The number of unbranched alkanes of at least 4 members (excludes halogenated alkanes) is 9. The Morgan fingerprint density at radius 3 is 2.18 bits per heavy atom. The van der Waals surface area contributed by atoms with Gasteiger partial charge in [0.15, 0.2) is 0 Å². The van der Waals surface area contributed by atoms with Crippen LogP contribution in [0.2, 0.25) is 0 Å². The van der Waals surface area contributed by atoms with E-state index in [0.717, 1.165) is 25.3 Å². The molecule has 1 heterocycles. The maximum absolute atomic E-state index is 13.7. The number of benzene rings is 1. The number of likely N-dealkylation sites (tertiary alicyclic amines) is 1. The van der Waals surface area contributed by atoms with Crippen molar-refractivity contribution < 1.29 is 31.9 Å². The molecular weight excluding hydrogens is 438 g/mol. The molecule has 8 heteroatoms. The lowest BCUT2D eigenvalue weighted by atomic mass is 10.1. The lowest BCUT2D eigenvalue weighted by Crippen LogP contribution is -2.41. The summed E-state index contributed by atoms with van der Waals surface area (Å²) in [6.45, 7) is 2.67. The normalized spacial score (nSPS) is 16.3. The van der Waals surface area contributed by atoms with Crippen molar-refractivity contribution in [1.82, 2.24) is 4.90 Å². The molecule has 0 aliphatic carbocycles. The van der Waals surface area contributed by atoms with Gasteiger partial charge < -0.3 is 9.64 Å². The molecule has 1 atom stereocenters. The molecule has 1 aliphatic rings. The Morgan fingerprint density at radius 1 is 0.970 bits per heavy atom. The van der Waals surface area contributed by atoms with Gasteiger partial charge in [-0.3, -0.25) is 4.79 Å². The van der Waals surface area contributed by atoms with Crippen LogP contribution in [0.3, 0.4) is 0 Å². The molecule has 1 saturated heterocycles. The van der Waals surface area contributed by atoms with Gasteiger partial charge in [0.2, 0.25) is 0 Å². The number of ether oxygens (including phenoxy) is 1. The lowest BCUT2D eigenvalue weighted by Gasteiger charge is -2.23. The Morgan fingerprint density at radius 2 is 1.58 bits per heavy atom. The molecule has 4 nitrogen and oxygen atoms in total. The summed E-state index contributed by atoms with van der Waals surface area (Å²) < 4.78 is 57.9. The summed E-state index contributed by atoms with van der Waals surface area (Å²) in [6.07, 6.45) is 7.70. The molecule has 1 aliphatic heterocycles. The van der Waals surface area contributed by atoms with Crippen molar-refractivity contribution in [3.8, 4) is 0 Å². The van der Waals surface area contributed by atoms with Crippen LogP contribution in [0.15, 0.2) is 18.2 Å². The third kappa shape index (κ3) is 8.97. The van der Waals surface area contributed by atoms with Crippen LogP contribution in [-0.4, -0.2) is 36.0 Å². The van der Waals surface area contributed by atoms with Gasteiger partial charge in [-0.2, -0.15) is 13.2 Å². The van der Waals surface area contributed by atoms with Gasteiger partial charge in [0, 0.05) is 12.1 Å². The Hall–Kier alpha value is -2.12. The molecule has 33 heavy (non-hydrogen) atoms. The first-order chi connectivity index (χ1) is 15.7. The van der Waals surface area contributed by atoms with Crippen LogP contribution in [0.1, 0.15) is 99.9 Å². The van der Waals surface area contributed by atoms with Gasteiger partial charge in [-0.1, -0.05) is 64.7 Å². The molecule has 1 unspecified atom stereocenters. The van der Waals surface area contributed by atoms with Crippen molar-refractivity contribution in [2.75, 3.05) is 13.2 Å². The van der Waals surface area contributed by atoms with E-state index in [1.807, 2.05) is 0 Å². The maximum Gasteiger partial charge on any atom is 0.416 e. The molecule has 186 valence electrons. The molecule has 0 aromatic heterocycles. The average molecular weight is 474 g/mol. The fourth-order valence-corrected chi connectivity index (χ4v) is 4.16. The van der Waals surface area contributed by atoms with Crippen LogP contribution in [-0.2, 0) is 15.7 Å². The highest BCUT2D eigenvalue weighted by Crippen LogP contribution is 2.31. The molecule has 0 saturated carbocycles. The number of carbonyl (C=O) groups is 2. The number of hydrogen-bond acceptors (Lipinski definition) is 3. The predicted molar refractivity (Wildman–Crippen MR) is 118 cm³/mol. The molecule has 1 aromatic carbocycles. The van der Waals surface area contributed by atoms with Gasteiger partial charge in [0.05, 0.1) is 12.2 Å². The largest absolute Gasteiger partial charge is 0.464 e. The van der Waals surface area contributed by atoms with E-state index in [0.29, 0.717) is 25.0 Å². The van der Waals surface area contributed by atoms with E-state index in [-0.39, 0.29) is 13.2 Å². The quantitative estimate of drug-likeness (QED) is 0.178. The average Bonchev–Trinajstić information content (AvgIpc) is 3.26. The van der Waals surface area contributed by atoms with Crippen molar-refractivity contribution in [2.45, 2.75) is 96.2 Å². The summed E-state index contributed by atoms with van der Waals surface area (Å²) in [7, 11) is 0. The minimum atomic E-state index is -4.77. The maximum atomic E-state index is 13.7. The van der Waals surface area contributed by atoms with Crippen LogP contribution < -0.4 is 0 Å². The van der Waals surface area contributed by atoms with Gasteiger partial charge in [-0.15, -0.1) is 0 Å². The smallest absolute Gasteiger partial charge is 0.416 e. The summed E-state index contributed by atoms with van der Waals surface area (Å²) in [5.41, 5.74) is -1.65. The van der Waals surface area contributed by atoms with Crippen LogP contribution in [0, 0.1) is 5.82 Å². The topological polar surface area (TPSA) is 46.6 Å². The lowest BCUT2D eigenvalue weighted by molar-refractivity contribution is -0.148. The number of nitrogens with zero attached hydrogens (tertiary/aromatic N) is 1. The Labute approximate surface area is 193 Å². The van der Waals surface area contributed by atoms with Gasteiger partial charge in [0.1, 0.15) is 11.9 Å². The van der Waals surface area contributed by atoms with Crippen molar-refractivity contribution in [2.24, 2.45) is 0 Å². The Kier molecular flexibility index (Phi) is 11.1. The molecule has 0 bridgehead atoms. The minimum Gasteiger partial charge on any atom is -0.464 e. The van der Waals surface area contributed by atoms with Crippen molar-refractivity contribution >= 4 is 11.9 Å². The standard InChI is InChI=1S/C25H35F4NO3/c1-2-3-4-5-6-7-8-9-10-11-15-33-24(32)22-13-12-14-30(22)23(31)19-16-20(25(27,28)29)18-21(26)17-19/h16-18,22H,2-15H2,1H3. The number of rotatable bonds is 13. The first kappa shape index (κ1) is 27.1. The van der Waals surface area contributed by atoms with Crippen LogP contribution in [0.5, 0.6) is 0 Å². The third-order valence-electron chi connectivity index (χ3n) is 6.00. The summed E-state index contributed by atoms with van der Waals surface area (Å²) in [6, 6.07) is 0.884. The van der Waals surface area contributed by atoms with Crippen LogP contribution >= 0.6 is 0 Å². The Bertz CT molecular complexity index is 767. The first-order valence-corrected chi connectivity index (χ1v) is 12.1. The SMILES string of the molecule is CCCCCCCCCCCCOC(=O)C1CCCN1C(=O)c1cc(F)cc(C(F)(F)F)c1. The Balaban J connectivity index is 1.76. The second-order valence-corrected chi connectivity index (χ2v) is 8.73. The number of halogens is 4. The molecule has 0 N–H and O–H groups in total. The van der Waals surface area contributed by atoms with Crippen molar-refractivity contribution in [3.63, 3.8) is 0 Å². The second kappa shape index (κ2) is 13.6. The number of hydrogen-bond donors (Lipinski definition) is 0. The highest BCUT2D eigenvalue weighted by Gasteiger charge is 2.37. The van der Waals surface area contributed by atoms with E-state index in [9.17, 15) is 27.2 Å². The third-order valence-corrected chi connectivity index (χ3v) is 6.00. The fraction of sp³-hybridized carbons (Fsp3) is 0.680. The number of alkyl halides is 3. The predicted octanol–water partition coefficient (Wildman–Crippen LogP) is 6.91. The molecule has 1 amide bonds. The molecule has 1 aromatic rings. The number of esters is 1. The fourth-order valence-electron chi connectivity index (χ4n) is 4.16. The molecular formula is C25H35F4NO3. The van der Waals surface area contributed by atoms with E-state index in [4.69, 9.17) is 4.74 Å². The molecule has 1 fully saturated rings. The summed E-state index contributed by atoms with van der Waals surface area (Å²) in [5, 5.41) is 0. The van der Waals surface area contributed by atoms with E-state index in [1.54, 1.807) is 0 Å². The van der Waals surface area contributed by atoms with E-state index < -0.39 is 41.0 Å². The molecule has 0 radical (unpaired) electrons. The minimum absolute atomic E-state index is 0.217. The van der Waals surface area contributed by atoms with E-state index in [1.165, 1.54) is 49.8 Å². The highest BCUT2D eigenvalue weighted by molar-refractivity contribution is 5.97. The van der Waals surface area contributed by atoms with Crippen molar-refractivity contribution in [3.05, 3.63) is 35.1 Å². The van der Waals surface area contributed by atoms with Crippen LogP contribution in [0.25, 0.3) is 0 Å².